The zero-order valence-electron chi connectivity index (χ0n) is 15.7. The van der Waals surface area contributed by atoms with E-state index in [4.69, 9.17) is 10.5 Å². The fraction of sp³-hybridized carbons (Fsp3) is 0.316. The summed E-state index contributed by atoms with van der Waals surface area (Å²) in [5.74, 6) is -1.35. The largest absolute Gasteiger partial charge is 0.491 e. The maximum absolute atomic E-state index is 13.3. The van der Waals surface area contributed by atoms with Gasteiger partial charge in [0.15, 0.2) is 0 Å². The van der Waals surface area contributed by atoms with Gasteiger partial charge in [-0.05, 0) is 57.0 Å². The highest BCUT2D eigenvalue weighted by atomic mass is 32.2. The smallest absolute Gasteiger partial charge is 0.252 e. The topological polar surface area (TPSA) is 98.5 Å². The van der Waals surface area contributed by atoms with Crippen LogP contribution in [-0.2, 0) is 10.0 Å². The van der Waals surface area contributed by atoms with E-state index >= 15 is 0 Å². The van der Waals surface area contributed by atoms with E-state index in [0.717, 1.165) is 17.7 Å². The van der Waals surface area contributed by atoms with Crippen LogP contribution < -0.4 is 15.2 Å². The number of nitrogens with one attached hydrogen (secondary N) is 1. The molecule has 0 spiro atoms. The summed E-state index contributed by atoms with van der Waals surface area (Å²) in [6.45, 7) is 6.96. The van der Waals surface area contributed by atoms with Crippen LogP contribution in [0.4, 0.5) is 4.39 Å². The van der Waals surface area contributed by atoms with E-state index in [9.17, 15) is 17.6 Å². The van der Waals surface area contributed by atoms with Gasteiger partial charge < -0.3 is 10.5 Å². The molecule has 27 heavy (non-hydrogen) atoms. The Kier molecular flexibility index (Phi) is 6.22. The van der Waals surface area contributed by atoms with Gasteiger partial charge in [-0.3, -0.25) is 4.79 Å². The van der Waals surface area contributed by atoms with E-state index in [-0.39, 0.29) is 22.8 Å². The molecule has 8 heteroatoms. The van der Waals surface area contributed by atoms with Crippen molar-refractivity contribution in [3.05, 3.63) is 58.4 Å². The second-order valence-electron chi connectivity index (χ2n) is 6.57. The Morgan fingerprint density at radius 2 is 1.78 bits per heavy atom. The molecule has 0 aliphatic heterocycles. The van der Waals surface area contributed by atoms with Crippen LogP contribution in [0.2, 0.25) is 0 Å². The van der Waals surface area contributed by atoms with Gasteiger partial charge in [-0.25, -0.2) is 17.5 Å². The predicted molar refractivity (Wildman–Crippen MR) is 101 cm³/mol. The van der Waals surface area contributed by atoms with Crippen LogP contribution in [0, 0.1) is 26.6 Å². The number of ether oxygens (including phenoxy) is 1. The Hall–Kier alpha value is -2.45. The van der Waals surface area contributed by atoms with Crippen molar-refractivity contribution in [1.29, 1.82) is 0 Å². The Morgan fingerprint density at radius 1 is 1.19 bits per heavy atom. The number of amides is 1. The third-order valence-electron chi connectivity index (χ3n) is 3.93. The maximum atomic E-state index is 13.3. The number of rotatable bonds is 7. The molecule has 0 aromatic heterocycles. The summed E-state index contributed by atoms with van der Waals surface area (Å²) < 4.78 is 46.8. The standard InChI is InChI=1S/C19H23FN2O4S/c1-11-7-12(2)18(13(3)8-11)27(24,25)22-14(4)10-26-17-6-5-15(20)9-16(17)19(21)23/h5-9,14,22H,10H2,1-4H3,(H2,21,23)/t14-/m0/s1. The minimum atomic E-state index is -3.76. The van der Waals surface area contributed by atoms with E-state index in [2.05, 4.69) is 4.72 Å². The zero-order chi connectivity index (χ0) is 20.4. The molecular weight excluding hydrogens is 371 g/mol. The van der Waals surface area contributed by atoms with Crippen molar-refractivity contribution in [1.82, 2.24) is 4.72 Å². The minimum absolute atomic E-state index is 0.0604. The molecule has 0 saturated heterocycles. The predicted octanol–water partition coefficient (Wildman–Crippen LogP) is 2.60. The number of hydrogen-bond donors (Lipinski definition) is 2. The number of nitrogens with two attached hydrogens (primary N) is 1. The third-order valence-corrected chi connectivity index (χ3v) is 5.82. The molecular formula is C19H23FN2O4S. The van der Waals surface area contributed by atoms with Crippen LogP contribution in [0.15, 0.2) is 35.2 Å². The number of hydrogen-bond acceptors (Lipinski definition) is 4. The Balaban J connectivity index is 2.15. The SMILES string of the molecule is Cc1cc(C)c(S(=O)(=O)N[C@@H](C)COc2ccc(F)cc2C(N)=O)c(C)c1. The molecule has 2 aromatic rings. The molecule has 6 nitrogen and oxygen atoms in total. The average molecular weight is 394 g/mol. The van der Waals surface area contributed by atoms with Crippen molar-refractivity contribution in [2.45, 2.75) is 38.6 Å². The summed E-state index contributed by atoms with van der Waals surface area (Å²) in [7, 11) is -3.76. The van der Waals surface area contributed by atoms with Crippen LogP contribution in [0.3, 0.4) is 0 Å². The summed E-state index contributed by atoms with van der Waals surface area (Å²) in [5.41, 5.74) is 7.41. The summed E-state index contributed by atoms with van der Waals surface area (Å²) in [6.07, 6.45) is 0. The number of halogens is 1. The Morgan fingerprint density at radius 3 is 2.33 bits per heavy atom. The lowest BCUT2D eigenvalue weighted by atomic mass is 10.1. The highest BCUT2D eigenvalue weighted by Crippen LogP contribution is 2.22. The molecule has 0 radical (unpaired) electrons. The van der Waals surface area contributed by atoms with Gasteiger partial charge in [-0.1, -0.05) is 17.7 Å². The highest BCUT2D eigenvalue weighted by molar-refractivity contribution is 7.89. The normalized spacial score (nSPS) is 12.6. The Labute approximate surface area is 158 Å². The molecule has 3 N–H and O–H groups in total. The van der Waals surface area contributed by atoms with Crippen molar-refractivity contribution in [3.8, 4) is 5.75 Å². The summed E-state index contributed by atoms with van der Waals surface area (Å²) in [6, 6.07) is 6.41. The third kappa shape index (κ3) is 5.05. The number of primary amides is 1. The molecule has 2 rings (SSSR count). The number of carbonyl (C=O) groups is 1. The summed E-state index contributed by atoms with van der Waals surface area (Å²) in [5, 5.41) is 0. The van der Waals surface area contributed by atoms with Crippen molar-refractivity contribution >= 4 is 15.9 Å². The summed E-state index contributed by atoms with van der Waals surface area (Å²) >= 11 is 0. The molecule has 0 aliphatic carbocycles. The monoisotopic (exact) mass is 394 g/mol. The second kappa shape index (κ2) is 8.06. The molecule has 1 amide bonds. The van der Waals surface area contributed by atoms with Gasteiger partial charge in [0.1, 0.15) is 18.2 Å². The van der Waals surface area contributed by atoms with Crippen LogP contribution in [0.5, 0.6) is 5.75 Å². The van der Waals surface area contributed by atoms with Crippen LogP contribution in [-0.4, -0.2) is 27.0 Å². The van der Waals surface area contributed by atoms with E-state index in [1.807, 2.05) is 6.92 Å². The summed E-state index contributed by atoms with van der Waals surface area (Å²) in [4.78, 5) is 11.6. The van der Waals surface area contributed by atoms with E-state index in [1.165, 1.54) is 6.07 Å². The van der Waals surface area contributed by atoms with E-state index in [1.54, 1.807) is 32.9 Å². The molecule has 0 unspecified atom stereocenters. The number of aryl methyl sites for hydroxylation is 3. The molecule has 0 aliphatic rings. The van der Waals surface area contributed by atoms with Gasteiger partial charge in [0.05, 0.1) is 16.5 Å². The van der Waals surface area contributed by atoms with Crippen LogP contribution in [0.1, 0.15) is 34.0 Å². The fourth-order valence-electron chi connectivity index (χ4n) is 2.98. The van der Waals surface area contributed by atoms with Crippen molar-refractivity contribution in [2.75, 3.05) is 6.61 Å². The molecule has 0 saturated carbocycles. The van der Waals surface area contributed by atoms with Crippen molar-refractivity contribution in [2.24, 2.45) is 5.73 Å². The van der Waals surface area contributed by atoms with Gasteiger partial charge in [0.25, 0.3) is 5.91 Å². The quantitative estimate of drug-likeness (QED) is 0.754. The first-order chi connectivity index (χ1) is 12.5. The molecule has 0 fully saturated rings. The van der Waals surface area contributed by atoms with Crippen LogP contribution >= 0.6 is 0 Å². The zero-order valence-corrected chi connectivity index (χ0v) is 16.5. The van der Waals surface area contributed by atoms with Gasteiger partial charge in [-0.2, -0.15) is 0 Å². The number of sulfonamides is 1. The first-order valence-electron chi connectivity index (χ1n) is 8.33. The van der Waals surface area contributed by atoms with Gasteiger partial charge in [-0.15, -0.1) is 0 Å². The lowest BCUT2D eigenvalue weighted by Crippen LogP contribution is -2.37. The second-order valence-corrected chi connectivity index (χ2v) is 8.22. The van der Waals surface area contributed by atoms with Crippen molar-refractivity contribution in [3.63, 3.8) is 0 Å². The molecule has 2 aromatic carbocycles. The fourth-order valence-corrected chi connectivity index (χ4v) is 4.67. The van der Waals surface area contributed by atoms with Crippen molar-refractivity contribution < 1.29 is 22.3 Å². The lowest BCUT2D eigenvalue weighted by molar-refractivity contribution is 0.0995. The average Bonchev–Trinajstić information content (AvgIpc) is 2.51. The highest BCUT2D eigenvalue weighted by Gasteiger charge is 2.22. The first kappa shape index (κ1) is 20.9. The van der Waals surface area contributed by atoms with Gasteiger partial charge >= 0.3 is 0 Å². The molecule has 1 atom stereocenters. The maximum Gasteiger partial charge on any atom is 0.252 e. The number of carbonyl (C=O) groups excluding carboxylic acids is 1. The van der Waals surface area contributed by atoms with Gasteiger partial charge in [0, 0.05) is 0 Å². The number of benzene rings is 2. The van der Waals surface area contributed by atoms with Gasteiger partial charge in [0.2, 0.25) is 10.0 Å². The first-order valence-corrected chi connectivity index (χ1v) is 9.82. The van der Waals surface area contributed by atoms with Crippen LogP contribution in [0.25, 0.3) is 0 Å². The molecule has 146 valence electrons. The van der Waals surface area contributed by atoms with E-state index < -0.39 is 27.8 Å². The lowest BCUT2D eigenvalue weighted by Gasteiger charge is -2.18. The van der Waals surface area contributed by atoms with E-state index in [0.29, 0.717) is 11.1 Å². The molecule has 0 bridgehead atoms. The minimum Gasteiger partial charge on any atom is -0.491 e. The Bertz CT molecular complexity index is 951. The molecule has 0 heterocycles.